The molecule has 0 aliphatic carbocycles. The molecule has 24 heavy (non-hydrogen) atoms. The van der Waals surface area contributed by atoms with Crippen LogP contribution < -0.4 is 0 Å². The third-order valence-corrected chi connectivity index (χ3v) is 6.20. The smallest absolute Gasteiger partial charge is 0.407 e. The molecule has 1 amide bonds. The maximum Gasteiger partial charge on any atom is 0.407 e. The van der Waals surface area contributed by atoms with Gasteiger partial charge in [-0.15, -0.1) is 0 Å². The van der Waals surface area contributed by atoms with Crippen molar-refractivity contribution < 1.29 is 23.4 Å². The van der Waals surface area contributed by atoms with Crippen LogP contribution in [0.1, 0.15) is 6.92 Å². The Morgan fingerprint density at radius 2 is 2.04 bits per heavy atom. The first-order valence-electron chi connectivity index (χ1n) is 7.39. The van der Waals surface area contributed by atoms with Crippen molar-refractivity contribution in [3.63, 3.8) is 0 Å². The van der Waals surface area contributed by atoms with E-state index in [1.165, 1.54) is 27.5 Å². The Labute approximate surface area is 139 Å². The number of amides is 1. The van der Waals surface area contributed by atoms with Crippen molar-refractivity contribution in [3.05, 3.63) is 30.5 Å². The van der Waals surface area contributed by atoms with Gasteiger partial charge in [-0.2, -0.15) is 4.31 Å². The number of nitrogens with zero attached hydrogens (tertiary/aromatic N) is 3. The number of benzene rings is 1. The number of rotatable bonds is 2. The molecule has 2 heterocycles. The Balaban J connectivity index is 2.03. The van der Waals surface area contributed by atoms with Crippen LogP contribution in [0, 0.1) is 0 Å². The van der Waals surface area contributed by atoms with Crippen molar-refractivity contribution in [1.29, 1.82) is 0 Å². The molecule has 1 aliphatic heterocycles. The summed E-state index contributed by atoms with van der Waals surface area (Å²) in [6, 6.07) is 5.37. The predicted octanol–water partition coefficient (Wildman–Crippen LogP) is 1.31. The third-order valence-electron chi connectivity index (χ3n) is 4.13. The monoisotopic (exact) mass is 351 g/mol. The summed E-state index contributed by atoms with van der Waals surface area (Å²) in [5.41, 5.74) is 0.218. The molecule has 1 saturated heterocycles. The number of carboxylic acid groups (broad SMARTS) is 1. The molecule has 0 radical (unpaired) electrons. The van der Waals surface area contributed by atoms with E-state index in [4.69, 9.17) is 5.11 Å². The summed E-state index contributed by atoms with van der Waals surface area (Å²) in [6.45, 7) is 1.99. The van der Waals surface area contributed by atoms with Gasteiger partial charge in [-0.3, -0.25) is 4.98 Å². The van der Waals surface area contributed by atoms with Gasteiger partial charge in [-0.1, -0.05) is 0 Å². The second-order valence-corrected chi connectivity index (χ2v) is 7.53. The molecule has 128 valence electrons. The Hall–Kier alpha value is -2.39. The third kappa shape index (κ3) is 2.65. The number of aromatic nitrogens is 1. The second-order valence-electron chi connectivity index (χ2n) is 5.68. The number of aromatic hydroxyl groups is 1. The zero-order valence-corrected chi connectivity index (χ0v) is 13.8. The standard InChI is InChI=1S/C15H17N3O5S/c1-10-9-17(15(20)21)7-8-18(10)24(22,23)13-5-4-12(19)14-11(13)3-2-6-16-14/h2-6,10,19H,7-9H2,1H3,(H,20,21). The van der Waals surface area contributed by atoms with E-state index in [1.54, 1.807) is 19.1 Å². The first-order chi connectivity index (χ1) is 11.3. The number of phenols is 1. The Morgan fingerprint density at radius 3 is 2.71 bits per heavy atom. The van der Waals surface area contributed by atoms with Crippen molar-refractivity contribution in [2.24, 2.45) is 0 Å². The maximum absolute atomic E-state index is 13.1. The molecule has 0 saturated carbocycles. The molecule has 9 heteroatoms. The van der Waals surface area contributed by atoms with Crippen molar-refractivity contribution >= 4 is 27.0 Å². The first kappa shape index (κ1) is 16.5. The van der Waals surface area contributed by atoms with E-state index in [9.17, 15) is 18.3 Å². The normalized spacial score (nSPS) is 19.5. The Morgan fingerprint density at radius 1 is 1.29 bits per heavy atom. The number of phenolic OH excluding ortho intramolecular Hbond substituents is 1. The van der Waals surface area contributed by atoms with Gasteiger partial charge in [0.1, 0.15) is 11.3 Å². The lowest BCUT2D eigenvalue weighted by atomic mass is 10.2. The Bertz CT molecular complexity index is 899. The molecule has 2 aromatic rings. The van der Waals surface area contributed by atoms with Gasteiger partial charge in [0.2, 0.25) is 10.0 Å². The topological polar surface area (TPSA) is 111 Å². The van der Waals surface area contributed by atoms with Crippen LogP contribution in [0.15, 0.2) is 35.4 Å². The molecule has 1 aromatic heterocycles. The molecular formula is C15H17N3O5S. The molecule has 1 aliphatic rings. The highest BCUT2D eigenvalue weighted by molar-refractivity contribution is 7.89. The largest absolute Gasteiger partial charge is 0.506 e. The summed E-state index contributed by atoms with van der Waals surface area (Å²) in [5, 5.41) is 19.3. The lowest BCUT2D eigenvalue weighted by molar-refractivity contribution is 0.109. The summed E-state index contributed by atoms with van der Waals surface area (Å²) >= 11 is 0. The molecule has 2 N–H and O–H groups in total. The fraction of sp³-hybridized carbons (Fsp3) is 0.333. The average molecular weight is 351 g/mol. The lowest BCUT2D eigenvalue weighted by Crippen LogP contribution is -2.55. The van der Waals surface area contributed by atoms with Gasteiger partial charge in [0.15, 0.2) is 0 Å². The lowest BCUT2D eigenvalue weighted by Gasteiger charge is -2.37. The summed E-state index contributed by atoms with van der Waals surface area (Å²) in [7, 11) is -3.84. The van der Waals surface area contributed by atoms with Crippen LogP contribution >= 0.6 is 0 Å². The Kier molecular flexibility index (Phi) is 4.06. The number of sulfonamides is 1. The first-order valence-corrected chi connectivity index (χ1v) is 8.83. The fourth-order valence-corrected chi connectivity index (χ4v) is 4.75. The maximum atomic E-state index is 13.1. The SMILES string of the molecule is CC1CN(C(=O)O)CCN1S(=O)(=O)c1ccc(O)c2ncccc12. The summed E-state index contributed by atoms with van der Waals surface area (Å²) in [4.78, 5) is 16.4. The van der Waals surface area contributed by atoms with E-state index in [1.807, 2.05) is 0 Å². The van der Waals surface area contributed by atoms with Crippen molar-refractivity contribution in [3.8, 4) is 5.75 Å². The number of piperazine rings is 1. The van der Waals surface area contributed by atoms with Crippen LogP contribution in [0.4, 0.5) is 4.79 Å². The van der Waals surface area contributed by atoms with Crippen LogP contribution in [-0.2, 0) is 10.0 Å². The highest BCUT2D eigenvalue weighted by Crippen LogP contribution is 2.31. The minimum atomic E-state index is -3.84. The molecule has 1 aromatic carbocycles. The number of carbonyl (C=O) groups is 1. The van der Waals surface area contributed by atoms with E-state index in [-0.39, 0.29) is 35.8 Å². The van der Waals surface area contributed by atoms with Gasteiger partial charge < -0.3 is 15.1 Å². The molecule has 1 atom stereocenters. The zero-order chi connectivity index (χ0) is 17.5. The van der Waals surface area contributed by atoms with Crippen LogP contribution in [-0.4, -0.2) is 64.6 Å². The van der Waals surface area contributed by atoms with Gasteiger partial charge >= 0.3 is 6.09 Å². The molecular weight excluding hydrogens is 334 g/mol. The number of pyridine rings is 1. The van der Waals surface area contributed by atoms with Gasteiger partial charge in [-0.25, -0.2) is 13.2 Å². The molecule has 0 bridgehead atoms. The van der Waals surface area contributed by atoms with Gasteiger partial charge in [0.25, 0.3) is 0 Å². The highest BCUT2D eigenvalue weighted by Gasteiger charge is 2.36. The van der Waals surface area contributed by atoms with Crippen molar-refractivity contribution in [2.45, 2.75) is 17.9 Å². The van der Waals surface area contributed by atoms with Crippen molar-refractivity contribution in [2.75, 3.05) is 19.6 Å². The van der Waals surface area contributed by atoms with E-state index < -0.39 is 22.2 Å². The molecule has 0 spiro atoms. The zero-order valence-electron chi connectivity index (χ0n) is 13.0. The highest BCUT2D eigenvalue weighted by atomic mass is 32.2. The number of fused-ring (bicyclic) bond motifs is 1. The van der Waals surface area contributed by atoms with Gasteiger partial charge in [0, 0.05) is 37.3 Å². The summed E-state index contributed by atoms with van der Waals surface area (Å²) in [6.07, 6.45) is 0.422. The van der Waals surface area contributed by atoms with Gasteiger partial charge in [0.05, 0.1) is 4.90 Å². The van der Waals surface area contributed by atoms with Crippen LogP contribution in [0.3, 0.4) is 0 Å². The average Bonchev–Trinajstić information content (AvgIpc) is 2.54. The van der Waals surface area contributed by atoms with E-state index >= 15 is 0 Å². The summed E-state index contributed by atoms with van der Waals surface area (Å²) < 4.78 is 27.4. The van der Waals surface area contributed by atoms with Crippen LogP contribution in [0.5, 0.6) is 5.75 Å². The van der Waals surface area contributed by atoms with E-state index in [2.05, 4.69) is 4.98 Å². The fourth-order valence-electron chi connectivity index (χ4n) is 2.95. The van der Waals surface area contributed by atoms with Crippen LogP contribution in [0.2, 0.25) is 0 Å². The molecule has 1 unspecified atom stereocenters. The summed E-state index contributed by atoms with van der Waals surface area (Å²) in [5.74, 6) is -0.0895. The van der Waals surface area contributed by atoms with E-state index in [0.29, 0.717) is 5.39 Å². The minimum Gasteiger partial charge on any atom is -0.506 e. The minimum absolute atomic E-state index is 0.0547. The quantitative estimate of drug-likeness (QED) is 0.844. The van der Waals surface area contributed by atoms with Crippen molar-refractivity contribution in [1.82, 2.24) is 14.2 Å². The number of hydrogen-bond donors (Lipinski definition) is 2. The number of hydrogen-bond acceptors (Lipinski definition) is 5. The molecule has 8 nitrogen and oxygen atoms in total. The molecule has 3 rings (SSSR count). The predicted molar refractivity (Wildman–Crippen MR) is 86.4 cm³/mol. The second kappa shape index (κ2) is 5.91. The van der Waals surface area contributed by atoms with Crippen LogP contribution in [0.25, 0.3) is 10.9 Å². The molecule has 1 fully saturated rings. The van der Waals surface area contributed by atoms with E-state index in [0.717, 1.165) is 0 Å². The van der Waals surface area contributed by atoms with Gasteiger partial charge in [-0.05, 0) is 31.2 Å².